The maximum absolute atomic E-state index is 10.7. The average Bonchev–Trinajstić information content (AvgIpc) is 2.94. The van der Waals surface area contributed by atoms with Crippen molar-refractivity contribution in [2.75, 3.05) is 0 Å². The number of hydrogen-bond donors (Lipinski definition) is 1. The van der Waals surface area contributed by atoms with Gasteiger partial charge in [-0.25, -0.2) is 4.79 Å². The van der Waals surface area contributed by atoms with Gasteiger partial charge in [0.15, 0.2) is 0 Å². The summed E-state index contributed by atoms with van der Waals surface area (Å²) < 4.78 is 10.6. The predicted octanol–water partition coefficient (Wildman–Crippen LogP) is 4.58. The highest BCUT2D eigenvalue weighted by molar-refractivity contribution is 5.94. The fourth-order valence-electron chi connectivity index (χ4n) is 2.68. The fraction of sp³-hybridized carbons (Fsp3) is 0.211. The molecular formula is C19H18O4. The first-order valence-corrected chi connectivity index (χ1v) is 7.56. The number of rotatable bonds is 2. The summed E-state index contributed by atoms with van der Waals surface area (Å²) in [6, 6.07) is 13.7. The second kappa shape index (κ2) is 6.16. The Kier molecular flexibility index (Phi) is 4.06. The number of fused-ring (bicyclic) bond motifs is 4. The zero-order valence-corrected chi connectivity index (χ0v) is 13.1. The van der Waals surface area contributed by atoms with E-state index in [4.69, 9.17) is 14.3 Å². The van der Waals surface area contributed by atoms with Crippen molar-refractivity contribution in [3.8, 4) is 5.75 Å². The number of benzene rings is 2. The number of carboxylic acids is 1. The average molecular weight is 310 g/mol. The van der Waals surface area contributed by atoms with Crippen LogP contribution in [-0.4, -0.2) is 11.1 Å². The second-order valence-corrected chi connectivity index (χ2v) is 5.44. The van der Waals surface area contributed by atoms with Gasteiger partial charge in [-0.3, -0.25) is 0 Å². The zero-order valence-electron chi connectivity index (χ0n) is 13.1. The summed E-state index contributed by atoms with van der Waals surface area (Å²) in [6.45, 7) is 4.67. The van der Waals surface area contributed by atoms with E-state index in [1.54, 1.807) is 13.0 Å². The van der Waals surface area contributed by atoms with Crippen LogP contribution < -0.4 is 4.74 Å². The summed E-state index contributed by atoms with van der Waals surface area (Å²) >= 11 is 0. The normalized spacial score (nSPS) is 11.7. The molecule has 0 fully saturated rings. The highest BCUT2D eigenvalue weighted by Gasteiger charge is 2.15. The molecule has 1 N–H and O–H groups in total. The molecule has 0 saturated heterocycles. The Labute approximate surface area is 134 Å². The molecule has 2 bridgehead atoms. The Balaban J connectivity index is 0.000000140. The van der Waals surface area contributed by atoms with E-state index >= 15 is 0 Å². The van der Waals surface area contributed by atoms with Gasteiger partial charge in [-0.05, 0) is 42.7 Å². The molecule has 0 radical (unpaired) electrons. The van der Waals surface area contributed by atoms with Crippen LogP contribution in [0, 0.1) is 6.92 Å². The second-order valence-electron chi connectivity index (χ2n) is 5.44. The summed E-state index contributed by atoms with van der Waals surface area (Å²) in [4.78, 5) is 10.7. The van der Waals surface area contributed by atoms with Crippen LogP contribution in [0.15, 0.2) is 46.9 Å². The number of para-hydroxylation sites is 1. The van der Waals surface area contributed by atoms with Gasteiger partial charge in [0.25, 0.3) is 0 Å². The molecule has 0 unspecified atom stereocenters. The van der Waals surface area contributed by atoms with E-state index in [1.165, 1.54) is 11.1 Å². The molecule has 1 aromatic heterocycles. The van der Waals surface area contributed by atoms with Crippen molar-refractivity contribution in [3.05, 3.63) is 64.9 Å². The van der Waals surface area contributed by atoms with Gasteiger partial charge < -0.3 is 14.3 Å². The quantitative estimate of drug-likeness (QED) is 0.752. The first-order valence-electron chi connectivity index (χ1n) is 7.56. The van der Waals surface area contributed by atoms with Crippen LogP contribution in [0.4, 0.5) is 0 Å². The highest BCUT2D eigenvalue weighted by Crippen LogP contribution is 2.26. The zero-order chi connectivity index (χ0) is 16.4. The van der Waals surface area contributed by atoms with Crippen LogP contribution in [0.3, 0.4) is 0 Å². The lowest BCUT2D eigenvalue weighted by atomic mass is 10.1. The Morgan fingerprint density at radius 3 is 2.48 bits per heavy atom. The van der Waals surface area contributed by atoms with Gasteiger partial charge in [0.1, 0.15) is 17.9 Å². The molecule has 23 heavy (non-hydrogen) atoms. The molecule has 2 aliphatic rings. The summed E-state index contributed by atoms with van der Waals surface area (Å²) in [5, 5.41) is 9.63. The molecule has 0 atom stereocenters. The molecule has 2 aliphatic heterocycles. The Morgan fingerprint density at radius 1 is 1.22 bits per heavy atom. The number of furan rings is 1. The van der Waals surface area contributed by atoms with Crippen molar-refractivity contribution >= 4 is 16.9 Å². The van der Waals surface area contributed by atoms with Crippen LogP contribution >= 0.6 is 0 Å². The predicted molar refractivity (Wildman–Crippen MR) is 88.1 cm³/mol. The lowest BCUT2D eigenvalue weighted by molar-refractivity contribution is 0.0664. The molecule has 5 rings (SSSR count). The molecule has 2 aromatic carbocycles. The van der Waals surface area contributed by atoms with Crippen molar-refractivity contribution in [1.29, 1.82) is 0 Å². The summed E-state index contributed by atoms with van der Waals surface area (Å²) in [5.41, 5.74) is 3.94. The van der Waals surface area contributed by atoms with Crippen LogP contribution in [0.25, 0.3) is 11.0 Å². The van der Waals surface area contributed by atoms with Crippen molar-refractivity contribution in [3.63, 3.8) is 0 Å². The minimum Gasteiger partial charge on any atom is -0.489 e. The number of hydrogen-bond acceptors (Lipinski definition) is 3. The van der Waals surface area contributed by atoms with E-state index < -0.39 is 5.97 Å². The SMILES string of the molecule is CCc1cc2ccc1OC2.Cc1c(C(=O)O)oc2ccccc12. The molecular weight excluding hydrogens is 292 g/mol. The monoisotopic (exact) mass is 310 g/mol. The van der Waals surface area contributed by atoms with E-state index in [2.05, 4.69) is 25.1 Å². The standard InChI is InChI=1S/C10H8O3.C9H10O/c1-6-7-4-2-3-5-8(7)13-9(6)10(11)12;1-2-8-5-7-3-4-9(8)10-6-7/h2-5H,1H3,(H,11,12);3-5H,2,6H2,1H3. The van der Waals surface area contributed by atoms with Gasteiger partial charge in [0, 0.05) is 10.9 Å². The maximum Gasteiger partial charge on any atom is 0.372 e. The number of carbonyl (C=O) groups is 1. The third kappa shape index (κ3) is 2.93. The maximum atomic E-state index is 10.7. The molecule has 3 heterocycles. The van der Waals surface area contributed by atoms with Crippen molar-refractivity contribution in [2.24, 2.45) is 0 Å². The van der Waals surface area contributed by atoms with Gasteiger partial charge in [0.05, 0.1) is 0 Å². The third-order valence-corrected chi connectivity index (χ3v) is 3.94. The van der Waals surface area contributed by atoms with Crippen LogP contribution in [-0.2, 0) is 13.0 Å². The highest BCUT2D eigenvalue weighted by atomic mass is 16.5. The number of aromatic carboxylic acids is 1. The van der Waals surface area contributed by atoms with Gasteiger partial charge in [-0.15, -0.1) is 0 Å². The molecule has 118 valence electrons. The largest absolute Gasteiger partial charge is 0.489 e. The third-order valence-electron chi connectivity index (χ3n) is 3.94. The molecule has 4 nitrogen and oxygen atoms in total. The Morgan fingerprint density at radius 2 is 2.00 bits per heavy atom. The minimum atomic E-state index is -1.02. The lowest BCUT2D eigenvalue weighted by Crippen LogP contribution is -2.05. The van der Waals surface area contributed by atoms with E-state index in [9.17, 15) is 4.79 Å². The summed E-state index contributed by atoms with van der Waals surface area (Å²) in [5.74, 6) is 0.0763. The van der Waals surface area contributed by atoms with E-state index in [0.717, 1.165) is 24.2 Å². The van der Waals surface area contributed by atoms with E-state index in [0.29, 0.717) is 11.1 Å². The van der Waals surface area contributed by atoms with Crippen LogP contribution in [0.1, 0.15) is 34.2 Å². The van der Waals surface area contributed by atoms with Crippen LogP contribution in [0.2, 0.25) is 0 Å². The smallest absolute Gasteiger partial charge is 0.372 e. The molecule has 0 saturated carbocycles. The van der Waals surface area contributed by atoms with Crippen molar-refractivity contribution < 1.29 is 19.1 Å². The fourth-order valence-corrected chi connectivity index (χ4v) is 2.68. The topological polar surface area (TPSA) is 59.7 Å². The Bertz CT molecular complexity index is 861. The first kappa shape index (κ1) is 15.2. The van der Waals surface area contributed by atoms with Crippen molar-refractivity contribution in [2.45, 2.75) is 26.9 Å². The number of ether oxygens (including phenoxy) is 1. The first-order chi connectivity index (χ1) is 11.1. The van der Waals surface area contributed by atoms with Gasteiger partial charge >= 0.3 is 5.97 Å². The number of carboxylic acid groups (broad SMARTS) is 1. The van der Waals surface area contributed by atoms with Gasteiger partial charge in [0.2, 0.25) is 5.76 Å². The molecule has 0 aliphatic carbocycles. The van der Waals surface area contributed by atoms with Gasteiger partial charge in [-0.1, -0.05) is 31.2 Å². The molecule has 0 spiro atoms. The Hall–Kier alpha value is -2.75. The van der Waals surface area contributed by atoms with E-state index in [-0.39, 0.29) is 5.76 Å². The molecule has 3 aromatic rings. The van der Waals surface area contributed by atoms with E-state index in [1.807, 2.05) is 18.2 Å². The lowest BCUT2D eigenvalue weighted by Gasteiger charge is -2.17. The van der Waals surface area contributed by atoms with Gasteiger partial charge in [-0.2, -0.15) is 0 Å². The minimum absolute atomic E-state index is 0.0289. The summed E-state index contributed by atoms with van der Waals surface area (Å²) in [7, 11) is 0. The van der Waals surface area contributed by atoms with Crippen LogP contribution in [0.5, 0.6) is 5.75 Å². The number of aryl methyl sites for hydroxylation is 2. The van der Waals surface area contributed by atoms with Crippen molar-refractivity contribution in [1.82, 2.24) is 0 Å². The molecule has 0 amide bonds. The summed E-state index contributed by atoms with van der Waals surface area (Å²) in [6.07, 6.45) is 1.07. The molecule has 4 heteroatoms.